The average Bonchev–Trinajstić information content (AvgIpc) is 2.45. The fourth-order valence-electron chi connectivity index (χ4n) is 3.93. The second-order valence-corrected chi connectivity index (χ2v) is 7.49. The zero-order chi connectivity index (χ0) is 13.9. The van der Waals surface area contributed by atoms with Crippen LogP contribution >= 0.6 is 22.6 Å². The van der Waals surface area contributed by atoms with Gasteiger partial charge in [-0.1, -0.05) is 6.92 Å². The molecule has 20 heavy (non-hydrogen) atoms. The Balaban J connectivity index is 1.74. The van der Waals surface area contributed by atoms with Crippen LogP contribution in [0.25, 0.3) is 0 Å². The zero-order valence-electron chi connectivity index (χ0n) is 12.3. The molecule has 3 rings (SSSR count). The third-order valence-electron chi connectivity index (χ3n) is 4.78. The quantitative estimate of drug-likeness (QED) is 0.784. The van der Waals surface area contributed by atoms with Crippen molar-refractivity contribution in [3.63, 3.8) is 0 Å². The maximum absolute atomic E-state index is 3.75. The van der Waals surface area contributed by atoms with E-state index in [1.165, 1.54) is 54.3 Å². The van der Waals surface area contributed by atoms with Crippen molar-refractivity contribution in [2.45, 2.75) is 63.6 Å². The molecule has 1 aromatic rings. The van der Waals surface area contributed by atoms with Crippen molar-refractivity contribution < 1.29 is 0 Å². The Morgan fingerprint density at radius 1 is 1.15 bits per heavy atom. The van der Waals surface area contributed by atoms with Gasteiger partial charge in [0.1, 0.15) is 0 Å². The monoisotopic (exact) mass is 384 g/mol. The van der Waals surface area contributed by atoms with Gasteiger partial charge in [-0.2, -0.15) is 0 Å². The number of halogens is 1. The molecule has 1 aromatic carbocycles. The molecule has 0 spiro atoms. The van der Waals surface area contributed by atoms with Crippen LogP contribution in [0.5, 0.6) is 0 Å². The SMILES string of the molecule is CCCNC1CC2CCCC(C1)N2c1ccc(I)cc1. The van der Waals surface area contributed by atoms with Gasteiger partial charge in [0.2, 0.25) is 0 Å². The lowest BCUT2D eigenvalue weighted by molar-refractivity contribution is 0.246. The smallest absolute Gasteiger partial charge is 0.0371 e. The molecule has 2 heterocycles. The minimum absolute atomic E-state index is 0.741. The second kappa shape index (κ2) is 6.65. The molecule has 2 aliphatic heterocycles. The van der Waals surface area contributed by atoms with Gasteiger partial charge in [-0.3, -0.25) is 0 Å². The van der Waals surface area contributed by atoms with Crippen molar-refractivity contribution in [3.05, 3.63) is 27.8 Å². The molecule has 110 valence electrons. The zero-order valence-corrected chi connectivity index (χ0v) is 14.5. The Labute approximate surface area is 136 Å². The number of fused-ring (bicyclic) bond motifs is 2. The highest BCUT2D eigenvalue weighted by atomic mass is 127. The Morgan fingerprint density at radius 3 is 2.40 bits per heavy atom. The third-order valence-corrected chi connectivity index (χ3v) is 5.50. The van der Waals surface area contributed by atoms with E-state index in [2.05, 4.69) is 64.0 Å². The first-order valence-electron chi connectivity index (χ1n) is 8.05. The van der Waals surface area contributed by atoms with Crippen molar-refractivity contribution in [2.75, 3.05) is 11.4 Å². The van der Waals surface area contributed by atoms with Crippen molar-refractivity contribution >= 4 is 28.3 Å². The molecule has 2 aliphatic rings. The predicted octanol–water partition coefficient (Wildman–Crippen LogP) is 4.18. The van der Waals surface area contributed by atoms with E-state index < -0.39 is 0 Å². The maximum Gasteiger partial charge on any atom is 0.0371 e. The summed E-state index contributed by atoms with van der Waals surface area (Å²) in [5.41, 5.74) is 1.44. The lowest BCUT2D eigenvalue weighted by Crippen LogP contribution is -2.56. The first kappa shape index (κ1) is 14.6. The second-order valence-electron chi connectivity index (χ2n) is 6.24. The molecule has 2 saturated heterocycles. The molecule has 0 aromatic heterocycles. The van der Waals surface area contributed by atoms with Crippen LogP contribution in [0.1, 0.15) is 45.4 Å². The fraction of sp³-hybridized carbons (Fsp3) is 0.647. The summed E-state index contributed by atoms with van der Waals surface area (Å²) in [6.07, 6.45) is 8.04. The van der Waals surface area contributed by atoms with E-state index in [1.54, 1.807) is 0 Å². The lowest BCUT2D eigenvalue weighted by atomic mass is 9.81. The van der Waals surface area contributed by atoms with Gasteiger partial charge >= 0.3 is 0 Å². The van der Waals surface area contributed by atoms with Crippen LogP contribution in [0.2, 0.25) is 0 Å². The molecule has 0 radical (unpaired) electrons. The molecule has 1 N–H and O–H groups in total. The summed E-state index contributed by atoms with van der Waals surface area (Å²) in [4.78, 5) is 2.73. The molecule has 2 unspecified atom stereocenters. The van der Waals surface area contributed by atoms with Gasteiger partial charge in [0, 0.05) is 27.4 Å². The first-order chi connectivity index (χ1) is 9.78. The molecule has 3 heteroatoms. The van der Waals surface area contributed by atoms with Crippen LogP contribution in [-0.2, 0) is 0 Å². The van der Waals surface area contributed by atoms with E-state index in [9.17, 15) is 0 Å². The third kappa shape index (κ3) is 3.14. The molecule has 0 amide bonds. The van der Waals surface area contributed by atoms with Crippen molar-refractivity contribution in [2.24, 2.45) is 0 Å². The van der Waals surface area contributed by atoms with Gasteiger partial charge in [-0.05, 0) is 91.9 Å². The lowest BCUT2D eigenvalue weighted by Gasteiger charge is -2.50. The largest absolute Gasteiger partial charge is 0.365 e. The molecular formula is C17H25IN2. The standard InChI is InChI=1S/C17H25IN2/c1-2-10-19-14-11-16-4-3-5-17(12-14)20(16)15-8-6-13(18)7-9-15/h6-9,14,16-17,19H,2-5,10-12H2,1H3. The minimum Gasteiger partial charge on any atom is -0.365 e. The van der Waals surface area contributed by atoms with Crippen LogP contribution in [0.15, 0.2) is 24.3 Å². The number of rotatable bonds is 4. The van der Waals surface area contributed by atoms with Gasteiger partial charge in [0.15, 0.2) is 0 Å². The average molecular weight is 384 g/mol. The molecule has 2 atom stereocenters. The van der Waals surface area contributed by atoms with Crippen molar-refractivity contribution in [3.8, 4) is 0 Å². The maximum atomic E-state index is 3.75. The molecule has 2 nitrogen and oxygen atoms in total. The molecular weight excluding hydrogens is 359 g/mol. The molecule has 0 saturated carbocycles. The number of hydrogen-bond donors (Lipinski definition) is 1. The minimum atomic E-state index is 0.741. The highest BCUT2D eigenvalue weighted by Crippen LogP contribution is 2.37. The first-order valence-corrected chi connectivity index (χ1v) is 9.13. The van der Waals surface area contributed by atoms with Gasteiger partial charge in [0.25, 0.3) is 0 Å². The van der Waals surface area contributed by atoms with Crippen molar-refractivity contribution in [1.29, 1.82) is 0 Å². The van der Waals surface area contributed by atoms with Gasteiger partial charge in [-0.25, -0.2) is 0 Å². The summed E-state index contributed by atoms with van der Waals surface area (Å²) < 4.78 is 1.33. The predicted molar refractivity (Wildman–Crippen MR) is 94.4 cm³/mol. The van der Waals surface area contributed by atoms with Gasteiger partial charge in [0.05, 0.1) is 0 Å². The van der Waals surface area contributed by atoms with Crippen molar-refractivity contribution in [1.82, 2.24) is 5.32 Å². The number of benzene rings is 1. The summed E-state index contributed by atoms with van der Waals surface area (Å²) in [5, 5.41) is 3.75. The molecule has 0 aliphatic carbocycles. The van der Waals surface area contributed by atoms with Crippen LogP contribution in [0.3, 0.4) is 0 Å². The fourth-order valence-corrected chi connectivity index (χ4v) is 4.29. The topological polar surface area (TPSA) is 15.3 Å². The van der Waals surface area contributed by atoms with Gasteiger partial charge < -0.3 is 10.2 Å². The summed E-state index contributed by atoms with van der Waals surface area (Å²) in [7, 11) is 0. The number of anilines is 1. The van der Waals surface area contributed by atoms with Crippen LogP contribution in [-0.4, -0.2) is 24.7 Å². The highest BCUT2D eigenvalue weighted by Gasteiger charge is 2.37. The Bertz CT molecular complexity index is 417. The number of nitrogens with one attached hydrogen (secondary N) is 1. The summed E-state index contributed by atoms with van der Waals surface area (Å²) >= 11 is 2.39. The Hall–Kier alpha value is -0.290. The van der Waals surface area contributed by atoms with E-state index in [4.69, 9.17) is 0 Å². The number of hydrogen-bond acceptors (Lipinski definition) is 2. The van der Waals surface area contributed by atoms with Crippen LogP contribution in [0.4, 0.5) is 5.69 Å². The highest BCUT2D eigenvalue weighted by molar-refractivity contribution is 14.1. The van der Waals surface area contributed by atoms with E-state index >= 15 is 0 Å². The van der Waals surface area contributed by atoms with Gasteiger partial charge in [-0.15, -0.1) is 0 Å². The molecule has 2 fully saturated rings. The van der Waals surface area contributed by atoms with Crippen LogP contribution in [0, 0.1) is 3.57 Å². The number of nitrogens with zero attached hydrogens (tertiary/aromatic N) is 1. The summed E-state index contributed by atoms with van der Waals surface area (Å²) in [6, 6.07) is 11.3. The van der Waals surface area contributed by atoms with E-state index in [0.29, 0.717) is 0 Å². The number of piperidine rings is 2. The van der Waals surface area contributed by atoms with E-state index in [-0.39, 0.29) is 0 Å². The van der Waals surface area contributed by atoms with E-state index in [1.807, 2.05) is 0 Å². The Morgan fingerprint density at radius 2 is 1.80 bits per heavy atom. The summed E-state index contributed by atoms with van der Waals surface area (Å²) in [6.45, 7) is 3.43. The Kier molecular flexibility index (Phi) is 4.87. The van der Waals surface area contributed by atoms with E-state index in [0.717, 1.165) is 18.1 Å². The normalized spacial score (nSPS) is 29.5. The molecule has 2 bridgehead atoms. The van der Waals surface area contributed by atoms with Crippen LogP contribution < -0.4 is 10.2 Å². The summed E-state index contributed by atoms with van der Waals surface area (Å²) in [5.74, 6) is 0.